The number of aromatic amines is 1. The van der Waals surface area contributed by atoms with E-state index >= 15 is 0 Å². The molecule has 0 spiro atoms. The lowest BCUT2D eigenvalue weighted by molar-refractivity contribution is 0.256. The Balaban J connectivity index is 2.51. The van der Waals surface area contributed by atoms with Gasteiger partial charge >= 0.3 is 6.03 Å². The summed E-state index contributed by atoms with van der Waals surface area (Å²) in [6.45, 7) is 4.13. The van der Waals surface area contributed by atoms with Crippen LogP contribution in [0.2, 0.25) is 0 Å². The third-order valence-corrected chi connectivity index (χ3v) is 3.01. The second-order valence-corrected chi connectivity index (χ2v) is 4.15. The highest BCUT2D eigenvalue weighted by atomic mass is 16.2. The molecule has 0 radical (unpaired) electrons. The van der Waals surface area contributed by atoms with Crippen LogP contribution in [0, 0.1) is 0 Å². The third-order valence-electron chi connectivity index (χ3n) is 3.01. The van der Waals surface area contributed by atoms with Crippen LogP contribution >= 0.6 is 0 Å². The molecule has 1 heterocycles. The summed E-state index contributed by atoms with van der Waals surface area (Å²) >= 11 is 0. The Bertz CT molecular complexity index is 564. The number of H-pyrrole nitrogens is 1. The number of nitrogens with one attached hydrogen (secondary N) is 1. The average Bonchev–Trinajstić information content (AvgIpc) is 2.92. The number of amides is 2. The molecule has 0 bridgehead atoms. The molecule has 1 aromatic carbocycles. The summed E-state index contributed by atoms with van der Waals surface area (Å²) in [6.07, 6.45) is 3.10. The molecule has 0 saturated carbocycles. The Morgan fingerprint density at radius 1 is 1.37 bits per heavy atom. The van der Waals surface area contributed by atoms with Crippen LogP contribution in [0.15, 0.2) is 24.5 Å². The first-order chi connectivity index (χ1) is 9.17. The van der Waals surface area contributed by atoms with E-state index in [4.69, 9.17) is 5.73 Å². The van der Waals surface area contributed by atoms with Gasteiger partial charge in [0, 0.05) is 0 Å². The molecule has 0 aliphatic carbocycles. The molecule has 6 nitrogen and oxygen atoms in total. The van der Waals surface area contributed by atoms with E-state index in [1.807, 2.05) is 19.1 Å². The van der Waals surface area contributed by atoms with Gasteiger partial charge in [-0.2, -0.15) is 10.1 Å². The van der Waals surface area contributed by atoms with Gasteiger partial charge in [0.15, 0.2) is 0 Å². The summed E-state index contributed by atoms with van der Waals surface area (Å²) in [6, 6.07) is 5.38. The molecule has 1 aromatic heterocycles. The van der Waals surface area contributed by atoms with Crippen molar-refractivity contribution in [2.24, 2.45) is 5.73 Å². The first-order valence-corrected chi connectivity index (χ1v) is 6.24. The molecule has 0 saturated heterocycles. The van der Waals surface area contributed by atoms with Crippen LogP contribution in [0.3, 0.4) is 0 Å². The van der Waals surface area contributed by atoms with E-state index in [2.05, 4.69) is 28.2 Å². The summed E-state index contributed by atoms with van der Waals surface area (Å²) in [5.74, 6) is 0.325. The standard InChI is InChI=1S/C13H17N5O/c1-3-9-5-6-11(10(4-2)7-9)18(12(14)19)13-15-8-16-17-13/h5-8H,3-4H2,1-2H3,(H2,14,19)(H,15,16,17). The normalized spacial score (nSPS) is 10.4. The van der Waals surface area contributed by atoms with E-state index in [9.17, 15) is 4.79 Å². The summed E-state index contributed by atoms with van der Waals surface area (Å²) in [5.41, 5.74) is 8.47. The van der Waals surface area contributed by atoms with Gasteiger partial charge in [-0.25, -0.2) is 14.8 Å². The lowest BCUT2D eigenvalue weighted by atomic mass is 10.0. The van der Waals surface area contributed by atoms with Crippen LogP contribution in [0.4, 0.5) is 16.4 Å². The molecule has 0 atom stereocenters. The van der Waals surface area contributed by atoms with E-state index < -0.39 is 6.03 Å². The molecular formula is C13H17N5O. The molecular weight excluding hydrogens is 242 g/mol. The largest absolute Gasteiger partial charge is 0.351 e. The number of hydrogen-bond donors (Lipinski definition) is 2. The number of hydrogen-bond acceptors (Lipinski definition) is 3. The van der Waals surface area contributed by atoms with E-state index in [0.29, 0.717) is 5.95 Å². The number of carbonyl (C=O) groups is 1. The van der Waals surface area contributed by atoms with Crippen molar-refractivity contribution in [3.63, 3.8) is 0 Å². The minimum atomic E-state index is -0.587. The zero-order valence-electron chi connectivity index (χ0n) is 11.1. The summed E-state index contributed by atoms with van der Waals surface area (Å²) in [7, 11) is 0. The summed E-state index contributed by atoms with van der Waals surface area (Å²) in [5, 5.41) is 6.42. The van der Waals surface area contributed by atoms with Gasteiger partial charge in [0.2, 0.25) is 5.95 Å². The van der Waals surface area contributed by atoms with Crippen LogP contribution in [-0.4, -0.2) is 21.2 Å². The maximum absolute atomic E-state index is 11.7. The molecule has 2 amide bonds. The quantitative estimate of drug-likeness (QED) is 0.881. The molecule has 6 heteroatoms. The Morgan fingerprint density at radius 2 is 2.16 bits per heavy atom. The number of urea groups is 1. The fourth-order valence-corrected chi connectivity index (χ4v) is 2.00. The number of carbonyl (C=O) groups excluding carboxylic acids is 1. The van der Waals surface area contributed by atoms with Crippen LogP contribution in [0.25, 0.3) is 0 Å². The van der Waals surface area contributed by atoms with E-state index in [-0.39, 0.29) is 0 Å². The summed E-state index contributed by atoms with van der Waals surface area (Å²) in [4.78, 5) is 17.0. The number of nitrogens with zero attached hydrogens (tertiary/aromatic N) is 3. The van der Waals surface area contributed by atoms with Gasteiger partial charge in [0.1, 0.15) is 6.33 Å². The fraction of sp³-hybridized carbons (Fsp3) is 0.308. The molecule has 0 aliphatic heterocycles. The van der Waals surface area contributed by atoms with Gasteiger partial charge in [-0.15, -0.1) is 0 Å². The maximum Gasteiger partial charge on any atom is 0.326 e. The van der Waals surface area contributed by atoms with E-state index in [0.717, 1.165) is 24.1 Å². The molecule has 19 heavy (non-hydrogen) atoms. The zero-order chi connectivity index (χ0) is 13.8. The van der Waals surface area contributed by atoms with Crippen molar-refractivity contribution >= 4 is 17.7 Å². The van der Waals surface area contributed by atoms with Crippen molar-refractivity contribution in [2.75, 3.05) is 4.90 Å². The van der Waals surface area contributed by atoms with Crippen molar-refractivity contribution in [3.05, 3.63) is 35.7 Å². The summed E-state index contributed by atoms with van der Waals surface area (Å²) < 4.78 is 0. The maximum atomic E-state index is 11.7. The van der Waals surface area contributed by atoms with Crippen LogP contribution in [-0.2, 0) is 12.8 Å². The predicted octanol–water partition coefficient (Wildman–Crippen LogP) is 2.15. The van der Waals surface area contributed by atoms with Crippen molar-refractivity contribution in [2.45, 2.75) is 26.7 Å². The third kappa shape index (κ3) is 2.57. The molecule has 0 aliphatic rings. The first kappa shape index (κ1) is 13.1. The van der Waals surface area contributed by atoms with Crippen LogP contribution in [0.5, 0.6) is 0 Å². The van der Waals surface area contributed by atoms with Crippen molar-refractivity contribution < 1.29 is 4.79 Å². The van der Waals surface area contributed by atoms with Gasteiger partial charge < -0.3 is 5.73 Å². The number of nitrogens with two attached hydrogens (primary N) is 1. The van der Waals surface area contributed by atoms with E-state index in [1.54, 1.807) is 0 Å². The zero-order valence-corrected chi connectivity index (χ0v) is 11.1. The lowest BCUT2D eigenvalue weighted by Crippen LogP contribution is -2.33. The molecule has 2 aromatic rings. The minimum Gasteiger partial charge on any atom is -0.351 e. The molecule has 2 rings (SSSR count). The fourth-order valence-electron chi connectivity index (χ4n) is 2.00. The first-order valence-electron chi connectivity index (χ1n) is 6.24. The Morgan fingerprint density at radius 3 is 2.68 bits per heavy atom. The van der Waals surface area contributed by atoms with E-state index in [1.165, 1.54) is 16.8 Å². The Kier molecular flexibility index (Phi) is 3.79. The highest BCUT2D eigenvalue weighted by molar-refractivity contribution is 5.97. The van der Waals surface area contributed by atoms with Crippen LogP contribution in [0.1, 0.15) is 25.0 Å². The number of primary amides is 1. The molecule has 100 valence electrons. The van der Waals surface area contributed by atoms with Crippen molar-refractivity contribution in [1.29, 1.82) is 0 Å². The Hall–Kier alpha value is -2.37. The van der Waals surface area contributed by atoms with Gasteiger partial charge in [0.05, 0.1) is 5.69 Å². The molecule has 3 N–H and O–H groups in total. The van der Waals surface area contributed by atoms with Gasteiger partial charge in [-0.3, -0.25) is 0 Å². The monoisotopic (exact) mass is 259 g/mol. The molecule has 0 fully saturated rings. The minimum absolute atomic E-state index is 0.325. The average molecular weight is 259 g/mol. The second kappa shape index (κ2) is 5.51. The topological polar surface area (TPSA) is 87.9 Å². The number of rotatable bonds is 4. The number of anilines is 2. The van der Waals surface area contributed by atoms with Gasteiger partial charge in [0.25, 0.3) is 0 Å². The highest BCUT2D eigenvalue weighted by Gasteiger charge is 2.20. The second-order valence-electron chi connectivity index (χ2n) is 4.15. The number of aromatic nitrogens is 3. The van der Waals surface area contributed by atoms with Gasteiger partial charge in [-0.1, -0.05) is 26.0 Å². The van der Waals surface area contributed by atoms with Crippen molar-refractivity contribution in [1.82, 2.24) is 15.2 Å². The smallest absolute Gasteiger partial charge is 0.326 e. The van der Waals surface area contributed by atoms with Crippen molar-refractivity contribution in [3.8, 4) is 0 Å². The molecule has 0 unspecified atom stereocenters. The number of benzene rings is 1. The Labute approximate surface area is 111 Å². The SMILES string of the molecule is CCc1ccc(N(C(N)=O)c2ncn[nH]2)c(CC)c1. The van der Waals surface area contributed by atoms with Crippen LogP contribution < -0.4 is 10.6 Å². The lowest BCUT2D eigenvalue weighted by Gasteiger charge is -2.20. The van der Waals surface area contributed by atoms with Gasteiger partial charge in [-0.05, 0) is 30.0 Å². The predicted molar refractivity (Wildman–Crippen MR) is 73.3 cm³/mol. The number of aryl methyl sites for hydroxylation is 2. The highest BCUT2D eigenvalue weighted by Crippen LogP contribution is 2.27.